The van der Waals surface area contributed by atoms with Crippen LogP contribution in [0.1, 0.15) is 0 Å². The predicted molar refractivity (Wildman–Crippen MR) is 19.0 cm³/mol. The quantitative estimate of drug-likeness (QED) is 0.432. The van der Waals surface area contributed by atoms with Crippen molar-refractivity contribution in [2.45, 2.75) is 0 Å². The third-order valence-electron chi connectivity index (χ3n) is 0.184. The minimum absolute atomic E-state index is 1.06. The van der Waals surface area contributed by atoms with Crippen LogP contribution in [-0.2, 0) is 4.57 Å². The summed E-state index contributed by atoms with van der Waals surface area (Å²) < 4.78 is 9.44. The smallest absolute Gasteiger partial charge is 0.323 e. The van der Waals surface area contributed by atoms with E-state index in [2.05, 4.69) is 0 Å². The molecule has 0 heterocycles. The summed E-state index contributed by atoms with van der Waals surface area (Å²) in [5.41, 5.74) is 7.64. The standard InChI is InChI=1S/CH4NO3P/c2-1-6(3,4)5/h1H2,(H2,3,4,5). The molecule has 0 aliphatic carbocycles. The van der Waals surface area contributed by atoms with Crippen molar-refractivity contribution in [1.82, 2.24) is 5.73 Å². The highest BCUT2D eigenvalue weighted by Gasteiger charge is 2.07. The summed E-state index contributed by atoms with van der Waals surface area (Å²) in [7, 11) is -4.09. The van der Waals surface area contributed by atoms with Gasteiger partial charge in [-0.15, -0.1) is 5.73 Å². The Labute approximate surface area is 35.1 Å². The fourth-order valence-corrected chi connectivity index (χ4v) is 0. The zero-order valence-electron chi connectivity index (χ0n) is 2.90. The second-order valence-corrected chi connectivity index (χ2v) is 2.42. The van der Waals surface area contributed by atoms with Gasteiger partial charge in [-0.3, -0.25) is 4.57 Å². The van der Waals surface area contributed by atoms with E-state index in [9.17, 15) is 4.57 Å². The van der Waals surface area contributed by atoms with E-state index in [4.69, 9.17) is 15.5 Å². The largest absolute Gasteiger partial charge is 0.342 e. The molecule has 0 aliphatic rings. The topological polar surface area (TPSA) is 79.8 Å². The van der Waals surface area contributed by atoms with Crippen LogP contribution >= 0.6 is 7.60 Å². The fourth-order valence-electron chi connectivity index (χ4n) is 0. The van der Waals surface area contributed by atoms with Crippen molar-refractivity contribution in [2.24, 2.45) is 0 Å². The van der Waals surface area contributed by atoms with Crippen LogP contribution in [-0.4, -0.2) is 16.1 Å². The monoisotopic (exact) mass is 109 g/mol. The van der Waals surface area contributed by atoms with E-state index in [0.29, 0.717) is 0 Å². The van der Waals surface area contributed by atoms with Gasteiger partial charge in [0.2, 0.25) is 0 Å². The molecule has 36 valence electrons. The molecule has 0 spiro atoms. The lowest BCUT2D eigenvalue weighted by molar-refractivity contribution is 0.373. The Morgan fingerprint density at radius 3 is 1.83 bits per heavy atom. The van der Waals surface area contributed by atoms with Gasteiger partial charge in [-0.25, -0.2) is 0 Å². The van der Waals surface area contributed by atoms with Crippen molar-refractivity contribution >= 4 is 7.60 Å². The molecule has 0 atom stereocenters. The van der Waals surface area contributed by atoms with Gasteiger partial charge in [0, 0.05) is 0 Å². The van der Waals surface area contributed by atoms with Gasteiger partial charge in [-0.05, 0) is 0 Å². The van der Waals surface area contributed by atoms with Gasteiger partial charge in [0.1, 0.15) is 6.29 Å². The summed E-state index contributed by atoms with van der Waals surface area (Å²) >= 11 is 0. The zero-order chi connectivity index (χ0) is 5.21. The molecule has 0 rings (SSSR count). The van der Waals surface area contributed by atoms with Crippen LogP contribution in [0.4, 0.5) is 0 Å². The van der Waals surface area contributed by atoms with E-state index in [1.54, 1.807) is 0 Å². The van der Waals surface area contributed by atoms with Gasteiger partial charge in [0.05, 0.1) is 0 Å². The van der Waals surface area contributed by atoms with Gasteiger partial charge in [0.15, 0.2) is 0 Å². The molecule has 0 saturated carbocycles. The van der Waals surface area contributed by atoms with Gasteiger partial charge in [-0.2, -0.15) is 0 Å². The van der Waals surface area contributed by atoms with E-state index in [1.165, 1.54) is 0 Å². The van der Waals surface area contributed by atoms with Gasteiger partial charge in [-0.1, -0.05) is 0 Å². The number of nitrogens with zero attached hydrogens (tertiary/aromatic N) is 1. The first-order valence-corrected chi connectivity index (χ1v) is 3.01. The Bertz CT molecular complexity index is 74.9. The Morgan fingerprint density at radius 1 is 1.67 bits per heavy atom. The maximum atomic E-state index is 9.44. The summed E-state index contributed by atoms with van der Waals surface area (Å²) in [5, 5.41) is 0. The number of hydrogen-bond acceptors (Lipinski definition) is 1. The van der Waals surface area contributed by atoms with E-state index in [1.807, 2.05) is 0 Å². The zero-order valence-corrected chi connectivity index (χ0v) is 3.80. The second kappa shape index (κ2) is 1.71. The molecule has 0 aromatic rings. The predicted octanol–water partition coefficient (Wildman–Crippen LogP) is -0.810. The first-order chi connectivity index (χ1) is 2.56. The molecule has 5 heteroatoms. The van der Waals surface area contributed by atoms with Crippen molar-refractivity contribution in [3.63, 3.8) is 0 Å². The maximum Gasteiger partial charge on any atom is 0.342 e. The molecule has 0 fully saturated rings. The van der Waals surface area contributed by atoms with Crippen molar-refractivity contribution in [1.29, 1.82) is 0 Å². The summed E-state index contributed by atoms with van der Waals surface area (Å²) in [5.74, 6) is 0. The lowest BCUT2D eigenvalue weighted by atomic mass is 11.6. The minimum Gasteiger partial charge on any atom is -0.323 e. The third-order valence-corrected chi connectivity index (χ3v) is 0.553. The highest BCUT2D eigenvalue weighted by atomic mass is 31.2. The van der Waals surface area contributed by atoms with Crippen LogP contribution in [0.3, 0.4) is 0 Å². The normalized spacial score (nSPS) is 11.8. The molecule has 0 aromatic carbocycles. The SMILES string of the molecule is [N]CP(=O)(O)O. The first-order valence-electron chi connectivity index (χ1n) is 1.22. The molecule has 4 nitrogen and oxygen atoms in total. The maximum absolute atomic E-state index is 9.44. The van der Waals surface area contributed by atoms with E-state index >= 15 is 0 Å². The van der Waals surface area contributed by atoms with Crippen LogP contribution in [0.15, 0.2) is 0 Å². The summed E-state index contributed by atoms with van der Waals surface area (Å²) in [6.07, 6.45) is -1.06. The highest BCUT2D eigenvalue weighted by molar-refractivity contribution is 7.51. The number of rotatable bonds is 1. The van der Waals surface area contributed by atoms with Crippen molar-refractivity contribution in [2.75, 3.05) is 6.29 Å². The molecule has 0 aromatic heterocycles. The first kappa shape index (κ1) is 6.11. The molecule has 0 amide bonds. The second-order valence-electron chi connectivity index (χ2n) is 0.806. The average Bonchev–Trinajstić information content (AvgIpc) is 1.35. The molecular formula is CH4NO3P. The molecular weight excluding hydrogens is 105 g/mol. The van der Waals surface area contributed by atoms with Crippen molar-refractivity contribution in [3.05, 3.63) is 0 Å². The van der Waals surface area contributed by atoms with E-state index in [-0.39, 0.29) is 0 Å². The van der Waals surface area contributed by atoms with Crippen molar-refractivity contribution < 1.29 is 14.4 Å². The summed E-state index contributed by atoms with van der Waals surface area (Å²) in [4.78, 5) is 15.4. The van der Waals surface area contributed by atoms with Crippen molar-refractivity contribution in [3.8, 4) is 0 Å². The van der Waals surface area contributed by atoms with E-state index < -0.39 is 13.9 Å². The van der Waals surface area contributed by atoms with Gasteiger partial charge in [0.25, 0.3) is 0 Å². The summed E-state index contributed by atoms with van der Waals surface area (Å²) in [6.45, 7) is 0. The molecule has 6 heavy (non-hydrogen) atoms. The summed E-state index contributed by atoms with van der Waals surface area (Å²) in [6, 6.07) is 0. The van der Waals surface area contributed by atoms with Crippen LogP contribution in [0.25, 0.3) is 0 Å². The molecule has 0 unspecified atom stereocenters. The Balaban J connectivity index is 3.48. The molecule has 0 bridgehead atoms. The lowest BCUT2D eigenvalue weighted by Crippen LogP contribution is -1.84. The minimum atomic E-state index is -4.09. The van der Waals surface area contributed by atoms with E-state index in [0.717, 1.165) is 0 Å². The van der Waals surface area contributed by atoms with Gasteiger partial charge >= 0.3 is 7.60 Å². The molecule has 0 aliphatic heterocycles. The highest BCUT2D eigenvalue weighted by Crippen LogP contribution is 2.31. The van der Waals surface area contributed by atoms with Crippen LogP contribution in [0, 0.1) is 0 Å². The number of hydrogen-bond donors (Lipinski definition) is 2. The fraction of sp³-hybridized carbons (Fsp3) is 1.00. The molecule has 0 saturated heterocycles. The third kappa shape index (κ3) is 4.11. The Kier molecular flexibility index (Phi) is 1.74. The Morgan fingerprint density at radius 2 is 1.83 bits per heavy atom. The molecule has 2 radical (unpaired) electrons. The van der Waals surface area contributed by atoms with Crippen LogP contribution in [0.2, 0.25) is 0 Å². The van der Waals surface area contributed by atoms with Crippen LogP contribution in [0.5, 0.6) is 0 Å². The van der Waals surface area contributed by atoms with Gasteiger partial charge < -0.3 is 9.79 Å². The average molecular weight is 109 g/mol. The van der Waals surface area contributed by atoms with Crippen LogP contribution < -0.4 is 5.73 Å². The Hall–Kier alpha value is 0.110. The molecule has 2 N–H and O–H groups in total. The lowest BCUT2D eigenvalue weighted by Gasteiger charge is -1.90.